The van der Waals surface area contributed by atoms with Crippen molar-refractivity contribution in [1.29, 1.82) is 5.41 Å². The molecule has 0 spiro atoms. The van der Waals surface area contributed by atoms with Crippen molar-refractivity contribution in [2.45, 2.75) is 210 Å². The van der Waals surface area contributed by atoms with Gasteiger partial charge < -0.3 is 115 Å². The lowest BCUT2D eigenvalue weighted by Gasteiger charge is -2.36. The van der Waals surface area contributed by atoms with Crippen LogP contribution in [0.25, 0.3) is 21.8 Å². The second-order valence-corrected chi connectivity index (χ2v) is 35.2. The number of ketones is 1. The molecule has 0 saturated carbocycles. The van der Waals surface area contributed by atoms with E-state index < -0.39 is 229 Å². The van der Waals surface area contributed by atoms with E-state index in [0.717, 1.165) is 36.3 Å². The number of imidazole rings is 1. The second-order valence-electron chi connectivity index (χ2n) is 34.1. The number of unbranched alkanes of at least 4 members (excludes halogenated alkanes) is 2. The van der Waals surface area contributed by atoms with Crippen molar-refractivity contribution in [1.82, 2.24) is 97.6 Å². The number of hydrogen-bond donors (Lipinski definition) is 18. The van der Waals surface area contributed by atoms with Gasteiger partial charge in [0.15, 0.2) is 11.7 Å². The minimum absolute atomic E-state index is 0. The molecule has 2 aliphatic rings. The molecular formula is C93H131N23O18S. The molecule has 2 aliphatic heterocycles. The monoisotopic (exact) mass is 1890 g/mol. The maximum Gasteiger partial charge on any atom is 0.246 e. The summed E-state index contributed by atoms with van der Waals surface area (Å²) < 4.78 is 0. The average molecular weight is 1890 g/mol. The van der Waals surface area contributed by atoms with Crippen LogP contribution in [0.15, 0.2) is 129 Å². The van der Waals surface area contributed by atoms with E-state index in [4.69, 9.17) is 22.6 Å². The quantitative estimate of drug-likeness (QED) is 0.0132. The van der Waals surface area contributed by atoms with Crippen LogP contribution < -0.4 is 70.4 Å². The molecule has 732 valence electrons. The number of fused-ring (bicyclic) bond motifs is 3. The maximum absolute atomic E-state index is 15.8. The number of aliphatic hydroxyl groups is 1. The predicted molar refractivity (Wildman–Crippen MR) is 507 cm³/mol. The van der Waals surface area contributed by atoms with Gasteiger partial charge in [-0.3, -0.25) is 86.9 Å². The third kappa shape index (κ3) is 32.0. The Morgan fingerprint density at radius 1 is 0.578 bits per heavy atom. The highest BCUT2D eigenvalue weighted by molar-refractivity contribution is 8.00. The van der Waals surface area contributed by atoms with E-state index in [1.807, 2.05) is 0 Å². The van der Waals surface area contributed by atoms with Crippen LogP contribution in [0.4, 0.5) is 0 Å². The number of para-hydroxylation sites is 2. The number of aliphatic hydroxyl groups excluding tert-OH is 1. The molecule has 3 aromatic carbocycles. The number of allylic oxidation sites excluding steroid dienone is 2. The van der Waals surface area contributed by atoms with Crippen molar-refractivity contribution in [2.24, 2.45) is 29.0 Å². The van der Waals surface area contributed by atoms with Crippen molar-refractivity contribution in [3.05, 3.63) is 151 Å². The van der Waals surface area contributed by atoms with Crippen LogP contribution in [0.1, 0.15) is 134 Å². The third-order valence-electron chi connectivity index (χ3n) is 23.5. The smallest absolute Gasteiger partial charge is 0.246 e. The Labute approximate surface area is 788 Å². The fourth-order valence-electron chi connectivity index (χ4n) is 16.2. The van der Waals surface area contributed by atoms with Gasteiger partial charge in [-0.25, -0.2) is 4.98 Å². The summed E-state index contributed by atoms with van der Waals surface area (Å²) in [5, 5.41) is 46.9. The van der Waals surface area contributed by atoms with Crippen molar-refractivity contribution in [3.63, 3.8) is 0 Å². The van der Waals surface area contributed by atoms with E-state index in [2.05, 4.69) is 86.3 Å². The third-order valence-corrected chi connectivity index (χ3v) is 24.6. The number of aromatic amines is 3. The van der Waals surface area contributed by atoms with Crippen molar-refractivity contribution < 1.29 is 86.6 Å². The van der Waals surface area contributed by atoms with E-state index >= 15 is 24.0 Å². The van der Waals surface area contributed by atoms with Gasteiger partial charge in [-0.15, -0.1) is 24.9 Å². The molecule has 42 heteroatoms. The molecule has 2 fully saturated rings. The topological polar surface area (TPSA) is 609 Å². The minimum Gasteiger partial charge on any atom is -0.394 e. The number of rotatable bonds is 28. The number of likely N-dealkylation sites (N-methyl/N-ethyl adjacent to an activating group) is 4. The zero-order chi connectivity index (χ0) is 98.0. The molecule has 3 aromatic heterocycles. The summed E-state index contributed by atoms with van der Waals surface area (Å²) in [7, 11) is 5.24. The Kier molecular flexibility index (Phi) is 42.6. The first-order valence-corrected chi connectivity index (χ1v) is 45.8. The minimum atomic E-state index is -1.83. The van der Waals surface area contributed by atoms with Gasteiger partial charge in [0.25, 0.3) is 0 Å². The number of aromatic nitrogens is 4. The number of thioether (sulfide) groups is 1. The van der Waals surface area contributed by atoms with Gasteiger partial charge >= 0.3 is 0 Å². The number of carbonyl (C=O) groups is 17. The van der Waals surface area contributed by atoms with Crippen LogP contribution in [0, 0.1) is 17.2 Å². The van der Waals surface area contributed by atoms with Gasteiger partial charge in [-0.2, -0.15) is 0 Å². The molecule has 2 saturated heterocycles. The van der Waals surface area contributed by atoms with E-state index in [-0.39, 0.29) is 103 Å². The summed E-state index contributed by atoms with van der Waals surface area (Å²) in [5.74, 6) is -18.2. The van der Waals surface area contributed by atoms with Crippen molar-refractivity contribution >= 4 is 140 Å². The van der Waals surface area contributed by atoms with Gasteiger partial charge in [-0.1, -0.05) is 107 Å². The number of guanidine groups is 1. The lowest BCUT2D eigenvalue weighted by atomic mass is 9.92. The summed E-state index contributed by atoms with van der Waals surface area (Å²) >= 11 is 0.786. The number of nitrogens with two attached hydrogens (primary N) is 3. The summed E-state index contributed by atoms with van der Waals surface area (Å²) in [4.78, 5) is 268. The fraction of sp³-hybridized carbons (Fsp3) is 0.495. The fourth-order valence-corrected chi connectivity index (χ4v) is 17.0. The summed E-state index contributed by atoms with van der Waals surface area (Å²) in [6.07, 6.45) is 8.19. The maximum atomic E-state index is 15.8. The number of carbonyl (C=O) groups excluding carboxylic acids is 17. The van der Waals surface area contributed by atoms with Crippen molar-refractivity contribution in [2.75, 3.05) is 72.5 Å². The number of nitrogens with zero attached hydrogens (tertiary/aromatic N) is 6. The molecule has 5 heterocycles. The molecule has 13 atom stereocenters. The zero-order valence-corrected chi connectivity index (χ0v) is 77.5. The molecule has 0 aliphatic carbocycles. The van der Waals surface area contributed by atoms with E-state index in [0.29, 0.717) is 63.5 Å². The molecule has 21 N–H and O–H groups in total. The van der Waals surface area contributed by atoms with Crippen LogP contribution in [-0.4, -0.2) is 301 Å². The van der Waals surface area contributed by atoms with Crippen LogP contribution >= 0.6 is 11.8 Å². The molecule has 16 amide bonds. The molecule has 0 bridgehead atoms. The summed E-state index contributed by atoms with van der Waals surface area (Å²) in [6, 6.07) is 4.37. The standard InChI is InChI=1S/C92H127N23O18S.CH4/c1-10-12-14-18-33-75-91(133)113(8)73(32-13-11-2)85(127)104-65(31-23-35-98-92(95)96)82(124)110-72(81(123)101-47-77(94)119)50-134-51-78(120)103-68(38-55-25-16-15-17-26-55)88(130)112(7)54(5)79(121)106-70(43-76(93)118)90(132)115-36-24-34-74(115)86(128)105-66(42-59-46-97-52-102-59)83(125)107-67(37-53(3)4)87(129)111(6)48-60(117)40-56(39-57-44-99-63-29-21-19-27-61(57)63)80(122)109-71(49-116)84(126)108-69(89(131)114(75)9)41-58-45-100-64-30-22-20-28-62(58)64;/h10-11,15-17,19-22,25-30,44-46,52-54,56,65-75,99-100,116H,1-2,12-14,18,23-24,31-43,47-51H2,3-9H3,(H2,93,118)(H2,94,119)(H,97,102)(H,101,123)(H,103,120)(H,104,127)(H,105,128)(H,106,121)(H,107,125)(H,108,126)(H,109,122)(H,110,124)(H4,95,96,98);1H4/t54-,56+,65-,66-,67-,68-,69-,70-,71-,72-,73-,74-,75-;/m0./s1. The Morgan fingerprint density at radius 3 is 1.79 bits per heavy atom. The molecule has 135 heavy (non-hydrogen) atoms. The molecular weight excluding hydrogens is 1760 g/mol. The van der Waals surface area contributed by atoms with Gasteiger partial charge in [-0.05, 0) is 112 Å². The number of primary amides is 2. The van der Waals surface area contributed by atoms with E-state index in [1.165, 1.54) is 53.7 Å². The lowest BCUT2D eigenvalue weighted by molar-refractivity contribution is -0.149. The first kappa shape index (κ1) is 108. The Hall–Kier alpha value is -13.8. The Morgan fingerprint density at radius 2 is 1.16 bits per heavy atom. The largest absolute Gasteiger partial charge is 0.394 e. The molecule has 0 radical (unpaired) electrons. The number of benzene rings is 3. The normalized spacial score (nSPS) is 23.1. The molecule has 8 rings (SSSR count). The van der Waals surface area contributed by atoms with Crippen LogP contribution in [0.5, 0.6) is 0 Å². The van der Waals surface area contributed by atoms with Crippen LogP contribution in [-0.2, 0) is 107 Å². The Bertz CT molecular complexity index is 5160. The number of nitrogens with one attached hydrogen (secondary N) is 14. The summed E-state index contributed by atoms with van der Waals surface area (Å²) in [5.41, 5.74) is 20.1. The summed E-state index contributed by atoms with van der Waals surface area (Å²) in [6.45, 7) is 10.0. The SMILES string of the molecule is C.C=CCCCC[C@H]1C(=O)N(C)[C@@H](CCC=C)C(=O)N[C@@H](CCCNC(=N)N)C(=O)N[C@H](C(=O)NCC(N)=O)CSCC(=O)N[C@@H](Cc2ccccc2)C(=O)N(C)[C@@H](C)C(=O)N[C@@H](CC(N)=O)C(=O)N2CCC[C@H]2C(=O)N[C@@H](Cc2cnc[nH]2)C(=O)N[C@@H](CC(C)C)C(=O)N(C)CC(=O)C[C@@H](Cc2c[nH]c3ccccc23)C(=O)N[C@@H](CO)C(=O)N[C@@H](Cc2c[nH]c3ccccc23)C(=O)N1C. The van der Waals surface area contributed by atoms with Crippen molar-refractivity contribution in [3.8, 4) is 0 Å². The highest BCUT2D eigenvalue weighted by Gasteiger charge is 2.44. The Balaban J connectivity index is 0.0000249. The number of amides is 16. The van der Waals surface area contributed by atoms with Crippen LogP contribution in [0.3, 0.4) is 0 Å². The lowest BCUT2D eigenvalue weighted by Crippen LogP contribution is -2.61. The van der Waals surface area contributed by atoms with Gasteiger partial charge in [0.1, 0.15) is 72.5 Å². The first-order chi connectivity index (χ1) is 63.9. The molecule has 6 aromatic rings. The number of Topliss-reactive ketones (excluding diaryl/α,β-unsaturated/α-hetero) is 1. The average Bonchev–Trinajstić information content (AvgIpc) is 1.71. The first-order valence-electron chi connectivity index (χ1n) is 44.6. The van der Waals surface area contributed by atoms with Gasteiger partial charge in [0, 0.05) is 125 Å². The predicted octanol–water partition coefficient (Wildman–Crippen LogP) is -0.0789. The highest BCUT2D eigenvalue weighted by atomic mass is 32.2. The number of H-pyrrole nitrogens is 3. The number of hydrogen-bond acceptors (Lipinski definition) is 21. The molecule has 0 unspecified atom stereocenters. The van der Waals surface area contributed by atoms with Crippen LogP contribution in [0.2, 0.25) is 0 Å². The second kappa shape index (κ2) is 53.2. The molecule has 41 nitrogen and oxygen atoms in total. The zero-order valence-electron chi connectivity index (χ0n) is 76.6. The van der Waals surface area contributed by atoms with E-state index in [9.17, 15) is 62.6 Å². The van der Waals surface area contributed by atoms with E-state index in [1.54, 1.807) is 111 Å². The van der Waals surface area contributed by atoms with Gasteiger partial charge in [0.05, 0.1) is 38.2 Å². The highest BCUT2D eigenvalue weighted by Crippen LogP contribution is 2.28. The van der Waals surface area contributed by atoms with Gasteiger partial charge in [0.2, 0.25) is 94.5 Å².